The lowest BCUT2D eigenvalue weighted by Crippen LogP contribution is -1.95. The summed E-state index contributed by atoms with van der Waals surface area (Å²) in [7, 11) is 2.42. The summed E-state index contributed by atoms with van der Waals surface area (Å²) in [5, 5.41) is 41.6. The van der Waals surface area contributed by atoms with Crippen LogP contribution in [-0.4, -0.2) is 34.3 Å². The largest absolute Gasteiger partial charge is 0.500 e. The molecule has 0 bridgehead atoms. The molecule has 0 fully saturated rings. The van der Waals surface area contributed by atoms with Gasteiger partial charge in [-0.1, -0.05) is 0 Å². The Morgan fingerprint density at radius 1 is 0.792 bits per heavy atom. The van der Waals surface area contributed by atoms with Gasteiger partial charge in [0.2, 0.25) is 11.5 Å². The van der Waals surface area contributed by atoms with Crippen LogP contribution in [0.2, 0.25) is 0 Å². The van der Waals surface area contributed by atoms with Crippen LogP contribution in [0.25, 0.3) is 11.1 Å². The van der Waals surface area contributed by atoms with Crippen molar-refractivity contribution in [2.24, 2.45) is 0 Å². The zero-order valence-electron chi connectivity index (χ0n) is 12.5. The number of phenols is 2. The quantitative estimate of drug-likeness (QED) is 0.626. The summed E-state index contributed by atoms with van der Waals surface area (Å²) in [4.78, 5) is 20.5. The van der Waals surface area contributed by atoms with Gasteiger partial charge in [-0.3, -0.25) is 20.2 Å². The van der Waals surface area contributed by atoms with Crippen molar-refractivity contribution in [2.45, 2.75) is 0 Å². The fourth-order valence-electron chi connectivity index (χ4n) is 2.11. The molecule has 0 radical (unpaired) electrons. The average molecular weight is 336 g/mol. The van der Waals surface area contributed by atoms with Crippen LogP contribution in [0, 0.1) is 20.2 Å². The van der Waals surface area contributed by atoms with Gasteiger partial charge in [-0.05, 0) is 23.3 Å². The Balaban J connectivity index is 2.76. The van der Waals surface area contributed by atoms with Crippen LogP contribution < -0.4 is 9.47 Å². The van der Waals surface area contributed by atoms with E-state index in [-0.39, 0.29) is 22.6 Å². The number of aromatic hydroxyl groups is 2. The zero-order chi connectivity index (χ0) is 18.0. The van der Waals surface area contributed by atoms with Crippen LogP contribution in [0.1, 0.15) is 0 Å². The minimum Gasteiger partial charge on any atom is -0.500 e. The number of nitrogens with zero attached hydrogens (tertiary/aromatic N) is 2. The average Bonchev–Trinajstić information content (AvgIpc) is 2.54. The molecule has 0 aliphatic heterocycles. The van der Waals surface area contributed by atoms with Crippen molar-refractivity contribution in [3.8, 4) is 34.1 Å². The number of hydrogen-bond acceptors (Lipinski definition) is 8. The van der Waals surface area contributed by atoms with Crippen molar-refractivity contribution < 1.29 is 29.5 Å². The van der Waals surface area contributed by atoms with E-state index in [1.807, 2.05) is 0 Å². The van der Waals surface area contributed by atoms with E-state index in [1.165, 1.54) is 26.4 Å². The molecule has 0 unspecified atom stereocenters. The summed E-state index contributed by atoms with van der Waals surface area (Å²) in [6.07, 6.45) is 0. The number of methoxy groups -OCH3 is 2. The van der Waals surface area contributed by atoms with Crippen LogP contribution in [-0.2, 0) is 0 Å². The van der Waals surface area contributed by atoms with Crippen molar-refractivity contribution in [3.63, 3.8) is 0 Å². The molecule has 0 saturated heterocycles. The number of nitro groups is 2. The summed E-state index contributed by atoms with van der Waals surface area (Å²) in [6.45, 7) is 0. The molecule has 0 aliphatic rings. The molecular formula is C14H12N2O8. The topological polar surface area (TPSA) is 145 Å². The highest BCUT2D eigenvalue weighted by molar-refractivity contribution is 5.77. The minimum absolute atomic E-state index is 0.165. The first-order chi connectivity index (χ1) is 11.3. The van der Waals surface area contributed by atoms with Crippen molar-refractivity contribution in [3.05, 3.63) is 44.5 Å². The van der Waals surface area contributed by atoms with E-state index in [0.29, 0.717) is 0 Å². The molecule has 0 amide bonds. The predicted molar refractivity (Wildman–Crippen MR) is 81.6 cm³/mol. The highest BCUT2D eigenvalue weighted by Gasteiger charge is 2.24. The summed E-state index contributed by atoms with van der Waals surface area (Å²) >= 11 is 0. The molecule has 0 atom stereocenters. The van der Waals surface area contributed by atoms with Gasteiger partial charge in [0.05, 0.1) is 24.1 Å². The second kappa shape index (κ2) is 6.28. The Kier molecular flexibility index (Phi) is 4.40. The number of rotatable bonds is 5. The molecule has 0 spiro atoms. The van der Waals surface area contributed by atoms with Crippen LogP contribution in [0.15, 0.2) is 24.3 Å². The molecule has 10 heteroatoms. The van der Waals surface area contributed by atoms with Gasteiger partial charge in [0.15, 0.2) is 11.5 Å². The van der Waals surface area contributed by atoms with E-state index >= 15 is 0 Å². The van der Waals surface area contributed by atoms with Gasteiger partial charge in [0.25, 0.3) is 0 Å². The second-order valence-electron chi connectivity index (χ2n) is 4.61. The monoisotopic (exact) mass is 336 g/mol. The van der Waals surface area contributed by atoms with E-state index in [9.17, 15) is 30.4 Å². The SMILES string of the molecule is COc1cc(-c2cc(OC)c(O)c([N+](=O)[O-])c2)cc([N+](=O)[O-])c1O. The van der Waals surface area contributed by atoms with Gasteiger partial charge in [-0.25, -0.2) is 0 Å². The summed E-state index contributed by atoms with van der Waals surface area (Å²) in [5.41, 5.74) is -0.923. The third-order valence-electron chi connectivity index (χ3n) is 3.28. The van der Waals surface area contributed by atoms with E-state index in [4.69, 9.17) is 9.47 Å². The van der Waals surface area contributed by atoms with Gasteiger partial charge in [-0.2, -0.15) is 0 Å². The Morgan fingerprint density at radius 2 is 1.12 bits per heavy atom. The maximum absolute atomic E-state index is 11.0. The molecule has 2 aromatic rings. The van der Waals surface area contributed by atoms with E-state index in [1.54, 1.807) is 0 Å². The molecule has 24 heavy (non-hydrogen) atoms. The molecular weight excluding hydrogens is 324 g/mol. The Hall–Kier alpha value is -3.56. The third-order valence-corrected chi connectivity index (χ3v) is 3.28. The first kappa shape index (κ1) is 16.8. The summed E-state index contributed by atoms with van der Waals surface area (Å²) in [5.74, 6) is -1.67. The fraction of sp³-hybridized carbons (Fsp3) is 0.143. The maximum Gasteiger partial charge on any atom is 0.315 e. The maximum atomic E-state index is 11.0. The van der Waals surface area contributed by atoms with Gasteiger partial charge in [0.1, 0.15) is 0 Å². The smallest absolute Gasteiger partial charge is 0.315 e. The van der Waals surface area contributed by atoms with Crippen molar-refractivity contribution in [1.29, 1.82) is 0 Å². The number of phenolic OH excluding ortho intramolecular Hbond substituents is 2. The third kappa shape index (κ3) is 2.84. The molecule has 2 aromatic carbocycles. The molecule has 126 valence electrons. The van der Waals surface area contributed by atoms with Gasteiger partial charge < -0.3 is 19.7 Å². The molecule has 0 aliphatic carbocycles. The van der Waals surface area contributed by atoms with Crippen LogP contribution >= 0.6 is 0 Å². The highest BCUT2D eigenvalue weighted by atomic mass is 16.6. The van der Waals surface area contributed by atoms with Crippen LogP contribution in [0.4, 0.5) is 11.4 Å². The summed E-state index contributed by atoms with van der Waals surface area (Å²) < 4.78 is 9.77. The van der Waals surface area contributed by atoms with E-state index < -0.39 is 32.7 Å². The standard InChI is InChI=1S/C14H12N2O8/c1-23-11-5-7(3-9(13(11)17)15(19)20)8-4-10(16(21)22)14(18)12(6-8)24-2/h3-6,17-18H,1-2H3. The fourth-order valence-corrected chi connectivity index (χ4v) is 2.11. The molecule has 2 rings (SSSR count). The highest BCUT2D eigenvalue weighted by Crippen LogP contribution is 2.44. The number of ether oxygens (including phenoxy) is 2. The first-order valence-corrected chi connectivity index (χ1v) is 6.41. The second-order valence-corrected chi connectivity index (χ2v) is 4.61. The van der Waals surface area contributed by atoms with Crippen LogP contribution in [0.5, 0.6) is 23.0 Å². The number of hydrogen-bond donors (Lipinski definition) is 2. The van der Waals surface area contributed by atoms with Crippen molar-refractivity contribution in [2.75, 3.05) is 14.2 Å². The van der Waals surface area contributed by atoms with E-state index in [0.717, 1.165) is 12.1 Å². The molecule has 2 N–H and O–H groups in total. The number of benzene rings is 2. The Labute approximate surface area is 134 Å². The predicted octanol–water partition coefficient (Wildman–Crippen LogP) is 2.60. The zero-order valence-corrected chi connectivity index (χ0v) is 12.5. The normalized spacial score (nSPS) is 10.2. The molecule has 0 saturated carbocycles. The molecule has 0 heterocycles. The van der Waals surface area contributed by atoms with E-state index in [2.05, 4.69) is 0 Å². The van der Waals surface area contributed by atoms with Gasteiger partial charge in [-0.15, -0.1) is 0 Å². The van der Waals surface area contributed by atoms with Gasteiger partial charge >= 0.3 is 11.4 Å². The molecule has 0 aromatic heterocycles. The van der Waals surface area contributed by atoms with Crippen molar-refractivity contribution in [1.82, 2.24) is 0 Å². The van der Waals surface area contributed by atoms with Gasteiger partial charge in [0, 0.05) is 12.1 Å². The first-order valence-electron chi connectivity index (χ1n) is 6.41. The summed E-state index contributed by atoms with van der Waals surface area (Å²) in [6, 6.07) is 4.62. The molecule has 10 nitrogen and oxygen atoms in total. The minimum atomic E-state index is -0.812. The van der Waals surface area contributed by atoms with Crippen molar-refractivity contribution >= 4 is 11.4 Å². The lowest BCUT2D eigenvalue weighted by molar-refractivity contribution is -0.386. The lowest BCUT2D eigenvalue weighted by atomic mass is 10.0. The Morgan fingerprint density at radius 3 is 1.38 bits per heavy atom. The lowest BCUT2D eigenvalue weighted by Gasteiger charge is -2.10. The Bertz CT molecular complexity index is 765. The number of nitro benzene ring substituents is 2. The van der Waals surface area contributed by atoms with Crippen LogP contribution in [0.3, 0.4) is 0 Å².